The zero-order valence-corrected chi connectivity index (χ0v) is 14.5. The van der Waals surface area contributed by atoms with E-state index in [0.717, 1.165) is 5.56 Å². The van der Waals surface area contributed by atoms with Gasteiger partial charge in [0.05, 0.1) is 5.92 Å². The van der Waals surface area contributed by atoms with Crippen LogP contribution < -0.4 is 0 Å². The highest BCUT2D eigenvalue weighted by Crippen LogP contribution is 2.29. The van der Waals surface area contributed by atoms with Gasteiger partial charge < -0.3 is 9.42 Å². The second-order valence-electron chi connectivity index (χ2n) is 6.17. The van der Waals surface area contributed by atoms with Crippen molar-refractivity contribution in [1.82, 2.24) is 15.0 Å². The van der Waals surface area contributed by atoms with E-state index in [1.54, 1.807) is 11.8 Å². The number of nitrogens with zero attached hydrogens (tertiary/aromatic N) is 3. The van der Waals surface area contributed by atoms with Gasteiger partial charge in [-0.1, -0.05) is 31.1 Å². The lowest BCUT2D eigenvalue weighted by Gasteiger charge is -2.16. The van der Waals surface area contributed by atoms with Gasteiger partial charge in [0, 0.05) is 30.3 Å². The number of benzene rings is 1. The molecule has 5 nitrogen and oxygen atoms in total. The summed E-state index contributed by atoms with van der Waals surface area (Å²) in [6, 6.07) is 8.34. The molecule has 0 N–H and O–H groups in total. The fourth-order valence-corrected chi connectivity index (χ4v) is 3.10. The highest BCUT2D eigenvalue weighted by Gasteiger charge is 2.34. The Morgan fingerprint density at radius 1 is 1.35 bits per heavy atom. The quantitative estimate of drug-likeness (QED) is 0.786. The van der Waals surface area contributed by atoms with Crippen molar-refractivity contribution in [2.75, 3.05) is 12.8 Å². The first-order valence-electron chi connectivity index (χ1n) is 7.81. The van der Waals surface area contributed by atoms with Crippen LogP contribution in [0.4, 0.5) is 0 Å². The molecule has 0 spiro atoms. The third-order valence-electron chi connectivity index (χ3n) is 4.07. The summed E-state index contributed by atoms with van der Waals surface area (Å²) in [7, 11) is 0. The van der Waals surface area contributed by atoms with E-state index < -0.39 is 0 Å². The van der Waals surface area contributed by atoms with E-state index in [0.29, 0.717) is 31.2 Å². The Hall–Kier alpha value is -1.82. The predicted octanol–water partition coefficient (Wildman–Crippen LogP) is 3.43. The molecule has 0 saturated carbocycles. The van der Waals surface area contributed by atoms with E-state index in [1.165, 1.54) is 4.90 Å². The maximum absolute atomic E-state index is 12.3. The molecule has 1 saturated heterocycles. The zero-order valence-electron chi connectivity index (χ0n) is 13.7. The summed E-state index contributed by atoms with van der Waals surface area (Å²) in [5, 5.41) is 4.00. The monoisotopic (exact) mass is 331 g/mol. The fourth-order valence-electron chi connectivity index (χ4n) is 2.69. The van der Waals surface area contributed by atoms with E-state index in [4.69, 9.17) is 4.52 Å². The second kappa shape index (κ2) is 6.74. The summed E-state index contributed by atoms with van der Waals surface area (Å²) in [6.45, 7) is 5.33. The highest BCUT2D eigenvalue weighted by molar-refractivity contribution is 7.98. The topological polar surface area (TPSA) is 59.2 Å². The molecule has 23 heavy (non-hydrogen) atoms. The average Bonchev–Trinajstić information content (AvgIpc) is 3.16. The van der Waals surface area contributed by atoms with Gasteiger partial charge in [0.1, 0.15) is 0 Å². The molecular weight excluding hydrogens is 310 g/mol. The van der Waals surface area contributed by atoms with Crippen molar-refractivity contribution in [3.05, 3.63) is 41.5 Å². The lowest BCUT2D eigenvalue weighted by molar-refractivity contribution is -0.128. The number of thioether (sulfide) groups is 1. The van der Waals surface area contributed by atoms with Gasteiger partial charge >= 0.3 is 0 Å². The van der Waals surface area contributed by atoms with Crippen LogP contribution in [0.1, 0.15) is 49.4 Å². The number of amides is 1. The minimum Gasteiger partial charge on any atom is -0.339 e. The van der Waals surface area contributed by atoms with Crippen molar-refractivity contribution in [3.63, 3.8) is 0 Å². The summed E-state index contributed by atoms with van der Waals surface area (Å²) in [4.78, 5) is 19.8. The molecule has 6 heteroatoms. The van der Waals surface area contributed by atoms with Gasteiger partial charge in [-0.05, 0) is 24.0 Å². The summed E-state index contributed by atoms with van der Waals surface area (Å²) < 4.78 is 5.34. The maximum atomic E-state index is 12.3. The number of hydrogen-bond donors (Lipinski definition) is 0. The van der Waals surface area contributed by atoms with Gasteiger partial charge in [0.25, 0.3) is 0 Å². The Bertz CT molecular complexity index is 681. The molecule has 3 rings (SSSR count). The van der Waals surface area contributed by atoms with Crippen LogP contribution in [0.15, 0.2) is 33.7 Å². The Morgan fingerprint density at radius 3 is 2.70 bits per heavy atom. The van der Waals surface area contributed by atoms with Crippen molar-refractivity contribution in [1.29, 1.82) is 0 Å². The summed E-state index contributed by atoms with van der Waals surface area (Å²) in [5.41, 5.74) is 1.14. The first-order valence-corrected chi connectivity index (χ1v) is 9.03. The van der Waals surface area contributed by atoms with Crippen LogP contribution >= 0.6 is 11.8 Å². The SMILES string of the molecule is CSc1ccc(CN2CC(c3nc(C(C)C)no3)CC2=O)cc1. The largest absolute Gasteiger partial charge is 0.339 e. The average molecular weight is 331 g/mol. The Kier molecular flexibility index (Phi) is 4.71. The first-order chi connectivity index (χ1) is 11.1. The highest BCUT2D eigenvalue weighted by atomic mass is 32.2. The van der Waals surface area contributed by atoms with Crippen molar-refractivity contribution < 1.29 is 9.32 Å². The van der Waals surface area contributed by atoms with E-state index in [1.807, 2.05) is 18.7 Å². The molecule has 1 unspecified atom stereocenters. The normalized spacial score (nSPS) is 18.2. The number of rotatable bonds is 5. The molecule has 1 aromatic heterocycles. The zero-order chi connectivity index (χ0) is 16.4. The molecule has 1 aliphatic heterocycles. The molecule has 1 fully saturated rings. The molecule has 1 aliphatic rings. The molecule has 1 aromatic carbocycles. The maximum Gasteiger partial charge on any atom is 0.232 e. The number of carbonyl (C=O) groups is 1. The van der Waals surface area contributed by atoms with Gasteiger partial charge in [-0.25, -0.2) is 0 Å². The molecule has 1 atom stereocenters. The predicted molar refractivity (Wildman–Crippen MR) is 89.4 cm³/mol. The minimum absolute atomic E-state index is 0.00738. The number of aromatic nitrogens is 2. The second-order valence-corrected chi connectivity index (χ2v) is 7.05. The lowest BCUT2D eigenvalue weighted by Crippen LogP contribution is -2.24. The minimum atomic E-state index is 0.00738. The van der Waals surface area contributed by atoms with Crippen molar-refractivity contribution in [2.24, 2.45) is 0 Å². The number of hydrogen-bond acceptors (Lipinski definition) is 5. The van der Waals surface area contributed by atoms with Crippen LogP contribution in [-0.2, 0) is 11.3 Å². The number of carbonyl (C=O) groups excluding carboxylic acids is 1. The number of likely N-dealkylation sites (tertiary alicyclic amines) is 1. The van der Waals surface area contributed by atoms with Gasteiger partial charge in [0.2, 0.25) is 11.8 Å². The standard InChI is InChI=1S/C17H21N3O2S/c1-11(2)16-18-17(22-19-16)13-8-15(21)20(10-13)9-12-4-6-14(23-3)7-5-12/h4-7,11,13H,8-10H2,1-3H3. The molecule has 122 valence electrons. The smallest absolute Gasteiger partial charge is 0.232 e. The van der Waals surface area contributed by atoms with Crippen LogP contribution in [0, 0.1) is 0 Å². The van der Waals surface area contributed by atoms with Crippen LogP contribution in [0.3, 0.4) is 0 Å². The molecule has 0 aliphatic carbocycles. The molecular formula is C17H21N3O2S. The Balaban J connectivity index is 1.66. The molecule has 1 amide bonds. The lowest BCUT2D eigenvalue weighted by atomic mass is 10.1. The fraction of sp³-hybridized carbons (Fsp3) is 0.471. The van der Waals surface area contributed by atoms with Crippen molar-refractivity contribution in [2.45, 2.75) is 43.5 Å². The Morgan fingerprint density at radius 2 is 2.09 bits per heavy atom. The summed E-state index contributed by atoms with van der Waals surface area (Å²) in [6.07, 6.45) is 2.50. The van der Waals surface area contributed by atoms with E-state index >= 15 is 0 Å². The summed E-state index contributed by atoms with van der Waals surface area (Å²) in [5.74, 6) is 1.68. The van der Waals surface area contributed by atoms with Crippen molar-refractivity contribution in [3.8, 4) is 0 Å². The van der Waals surface area contributed by atoms with E-state index in [-0.39, 0.29) is 17.7 Å². The van der Waals surface area contributed by atoms with Crippen LogP contribution in [0.5, 0.6) is 0 Å². The first kappa shape index (κ1) is 16.1. The van der Waals surface area contributed by atoms with Crippen LogP contribution in [0.25, 0.3) is 0 Å². The van der Waals surface area contributed by atoms with Gasteiger partial charge in [-0.15, -0.1) is 11.8 Å². The summed E-state index contributed by atoms with van der Waals surface area (Å²) >= 11 is 1.71. The third-order valence-corrected chi connectivity index (χ3v) is 4.81. The van der Waals surface area contributed by atoms with Gasteiger partial charge in [0.15, 0.2) is 5.82 Å². The van der Waals surface area contributed by atoms with Gasteiger partial charge in [-0.2, -0.15) is 4.98 Å². The van der Waals surface area contributed by atoms with E-state index in [9.17, 15) is 4.79 Å². The van der Waals surface area contributed by atoms with Crippen LogP contribution in [-0.4, -0.2) is 33.7 Å². The third kappa shape index (κ3) is 3.58. The van der Waals surface area contributed by atoms with E-state index in [2.05, 4.69) is 40.7 Å². The van der Waals surface area contributed by atoms with Crippen LogP contribution in [0.2, 0.25) is 0 Å². The molecule has 0 bridgehead atoms. The Labute approximate surface area is 140 Å². The molecule has 0 radical (unpaired) electrons. The van der Waals surface area contributed by atoms with Gasteiger partial charge in [-0.3, -0.25) is 4.79 Å². The van der Waals surface area contributed by atoms with Crippen molar-refractivity contribution >= 4 is 17.7 Å². The molecule has 2 heterocycles. The molecule has 2 aromatic rings.